The van der Waals surface area contributed by atoms with Crippen molar-refractivity contribution in [1.82, 2.24) is 10.2 Å². The van der Waals surface area contributed by atoms with E-state index >= 15 is 0 Å². The van der Waals surface area contributed by atoms with E-state index in [-0.39, 0.29) is 36.8 Å². The van der Waals surface area contributed by atoms with Crippen molar-refractivity contribution in [2.75, 3.05) is 27.2 Å². The van der Waals surface area contributed by atoms with Gasteiger partial charge in [0.05, 0.1) is 19.1 Å². The van der Waals surface area contributed by atoms with E-state index < -0.39 is 0 Å². The van der Waals surface area contributed by atoms with E-state index in [0.29, 0.717) is 25.3 Å². The molecule has 0 radical (unpaired) electrons. The molecule has 2 rings (SSSR count). The minimum atomic E-state index is -0.315. The second-order valence-corrected chi connectivity index (χ2v) is 9.05. The fourth-order valence-corrected chi connectivity index (χ4v) is 3.72. The molecule has 7 heteroatoms. The lowest BCUT2D eigenvalue weighted by atomic mass is 10.1. The van der Waals surface area contributed by atoms with Crippen LogP contribution in [0.2, 0.25) is 0 Å². The van der Waals surface area contributed by atoms with Crippen LogP contribution in [0, 0.1) is 5.82 Å². The lowest BCUT2D eigenvalue weighted by Crippen LogP contribution is -2.43. The number of hydrogen-bond donors (Lipinski definition) is 1. The molecule has 2 aromatic carbocycles. The Balaban J connectivity index is 1.54. The predicted octanol–water partition coefficient (Wildman–Crippen LogP) is 5.12. The molecule has 35 heavy (non-hydrogen) atoms. The van der Waals surface area contributed by atoms with Crippen molar-refractivity contribution < 1.29 is 23.5 Å². The summed E-state index contributed by atoms with van der Waals surface area (Å²) in [7, 11) is 3.83. The minimum Gasteiger partial charge on any atom is -0.494 e. The predicted molar refractivity (Wildman–Crippen MR) is 136 cm³/mol. The molecule has 0 saturated heterocycles. The van der Waals surface area contributed by atoms with Gasteiger partial charge in [-0.25, -0.2) is 4.39 Å². The SMILES string of the molecule is CN(C)CC(CC(=O)OCc1ccccc1)NC(=O)CCCCCCCCOc1ccc(F)cc1. The summed E-state index contributed by atoms with van der Waals surface area (Å²) in [6, 6.07) is 15.3. The van der Waals surface area contributed by atoms with E-state index in [4.69, 9.17) is 9.47 Å². The molecular weight excluding hydrogens is 447 g/mol. The number of rotatable bonds is 17. The summed E-state index contributed by atoms with van der Waals surface area (Å²) in [5, 5.41) is 2.99. The molecule has 0 spiro atoms. The van der Waals surface area contributed by atoms with Crippen LogP contribution in [0.25, 0.3) is 0 Å². The topological polar surface area (TPSA) is 67.9 Å². The summed E-state index contributed by atoms with van der Waals surface area (Å²) in [4.78, 5) is 26.6. The van der Waals surface area contributed by atoms with Crippen LogP contribution in [-0.4, -0.2) is 50.1 Å². The van der Waals surface area contributed by atoms with Crippen LogP contribution in [-0.2, 0) is 20.9 Å². The van der Waals surface area contributed by atoms with Gasteiger partial charge in [-0.15, -0.1) is 0 Å². The highest BCUT2D eigenvalue weighted by molar-refractivity contribution is 5.77. The number of amides is 1. The Morgan fingerprint density at radius 2 is 1.57 bits per heavy atom. The number of ether oxygens (including phenoxy) is 2. The van der Waals surface area contributed by atoms with E-state index in [1.165, 1.54) is 12.1 Å². The lowest BCUT2D eigenvalue weighted by Gasteiger charge is -2.22. The molecule has 6 nitrogen and oxygen atoms in total. The maximum absolute atomic E-state index is 12.9. The van der Waals surface area contributed by atoms with Crippen LogP contribution in [0.3, 0.4) is 0 Å². The number of carbonyl (C=O) groups is 2. The molecule has 0 bridgehead atoms. The van der Waals surface area contributed by atoms with Crippen molar-refractivity contribution in [3.63, 3.8) is 0 Å². The quantitative estimate of drug-likeness (QED) is 0.248. The molecular formula is C28H39FN2O4. The van der Waals surface area contributed by atoms with Gasteiger partial charge in [0.15, 0.2) is 0 Å². The highest BCUT2D eigenvalue weighted by Gasteiger charge is 2.18. The number of benzene rings is 2. The van der Waals surface area contributed by atoms with Crippen molar-refractivity contribution in [1.29, 1.82) is 0 Å². The Kier molecular flexibility index (Phi) is 13.5. The van der Waals surface area contributed by atoms with Gasteiger partial charge in [-0.1, -0.05) is 56.0 Å². The molecule has 0 heterocycles. The molecule has 1 N–H and O–H groups in total. The molecule has 0 aliphatic heterocycles. The summed E-state index contributed by atoms with van der Waals surface area (Å²) in [6.07, 6.45) is 6.58. The van der Waals surface area contributed by atoms with Gasteiger partial charge in [-0.3, -0.25) is 9.59 Å². The highest BCUT2D eigenvalue weighted by Crippen LogP contribution is 2.13. The van der Waals surface area contributed by atoms with Crippen molar-refractivity contribution in [2.45, 2.75) is 64.0 Å². The van der Waals surface area contributed by atoms with Gasteiger partial charge in [-0.05, 0) is 56.8 Å². The Bertz CT molecular complexity index is 859. The molecule has 0 saturated carbocycles. The molecule has 0 fully saturated rings. The number of nitrogens with zero attached hydrogens (tertiary/aromatic N) is 1. The highest BCUT2D eigenvalue weighted by atomic mass is 19.1. The van der Waals surface area contributed by atoms with E-state index in [0.717, 1.165) is 44.1 Å². The maximum atomic E-state index is 12.9. The largest absolute Gasteiger partial charge is 0.494 e. The summed E-state index contributed by atoms with van der Waals surface area (Å²) >= 11 is 0. The minimum absolute atomic E-state index is 0.0274. The maximum Gasteiger partial charge on any atom is 0.308 e. The number of unbranched alkanes of at least 4 members (excludes halogenated alkanes) is 5. The third-order valence-electron chi connectivity index (χ3n) is 5.49. The number of nitrogens with one attached hydrogen (secondary N) is 1. The smallest absolute Gasteiger partial charge is 0.308 e. The number of hydrogen-bond acceptors (Lipinski definition) is 5. The van der Waals surface area contributed by atoms with Gasteiger partial charge in [0.1, 0.15) is 18.2 Å². The van der Waals surface area contributed by atoms with Crippen molar-refractivity contribution in [3.05, 3.63) is 66.0 Å². The van der Waals surface area contributed by atoms with E-state index in [2.05, 4.69) is 5.32 Å². The van der Waals surface area contributed by atoms with Gasteiger partial charge in [-0.2, -0.15) is 0 Å². The summed E-state index contributed by atoms with van der Waals surface area (Å²) in [5.41, 5.74) is 0.939. The number of likely N-dealkylation sites (N-methyl/N-ethyl adjacent to an activating group) is 1. The van der Waals surface area contributed by atoms with Gasteiger partial charge in [0, 0.05) is 13.0 Å². The molecule has 192 valence electrons. The average Bonchev–Trinajstić information content (AvgIpc) is 2.83. The van der Waals surface area contributed by atoms with Crippen LogP contribution in [0.4, 0.5) is 4.39 Å². The Hall–Kier alpha value is -2.93. The Morgan fingerprint density at radius 3 is 2.26 bits per heavy atom. The second kappa shape index (κ2) is 16.7. The number of esters is 1. The summed E-state index contributed by atoms with van der Waals surface area (Å²) in [6.45, 7) is 1.43. The van der Waals surface area contributed by atoms with Gasteiger partial charge in [0.25, 0.3) is 0 Å². The molecule has 2 aromatic rings. The normalized spacial score (nSPS) is 11.8. The van der Waals surface area contributed by atoms with Crippen molar-refractivity contribution in [3.8, 4) is 5.75 Å². The van der Waals surface area contributed by atoms with Crippen molar-refractivity contribution in [2.24, 2.45) is 0 Å². The van der Waals surface area contributed by atoms with Gasteiger partial charge >= 0.3 is 5.97 Å². The Labute approximate surface area is 208 Å². The molecule has 1 unspecified atom stereocenters. The van der Waals surface area contributed by atoms with Gasteiger partial charge < -0.3 is 19.7 Å². The van der Waals surface area contributed by atoms with Crippen LogP contribution >= 0.6 is 0 Å². The Morgan fingerprint density at radius 1 is 0.914 bits per heavy atom. The average molecular weight is 487 g/mol. The standard InChI is InChI=1S/C28H39FN2O4/c1-31(2)21-25(20-28(33)35-22-23-12-8-7-9-13-23)30-27(32)14-10-5-3-4-6-11-19-34-26-17-15-24(29)16-18-26/h7-9,12-13,15-18,25H,3-6,10-11,14,19-22H2,1-2H3,(H,30,32). The van der Waals surface area contributed by atoms with Crippen LogP contribution in [0.5, 0.6) is 5.75 Å². The zero-order valence-electron chi connectivity index (χ0n) is 21.0. The molecule has 1 amide bonds. The van der Waals surface area contributed by atoms with E-state index in [9.17, 15) is 14.0 Å². The first-order valence-electron chi connectivity index (χ1n) is 12.4. The van der Waals surface area contributed by atoms with Gasteiger partial charge in [0.2, 0.25) is 5.91 Å². The summed E-state index contributed by atoms with van der Waals surface area (Å²) < 4.78 is 23.8. The van der Waals surface area contributed by atoms with Crippen LogP contribution < -0.4 is 10.1 Å². The number of halogens is 1. The first-order valence-corrected chi connectivity index (χ1v) is 12.4. The molecule has 0 aromatic heterocycles. The zero-order chi connectivity index (χ0) is 25.3. The third kappa shape index (κ3) is 13.5. The third-order valence-corrected chi connectivity index (χ3v) is 5.49. The second-order valence-electron chi connectivity index (χ2n) is 9.05. The first kappa shape index (κ1) is 28.3. The van der Waals surface area contributed by atoms with Crippen LogP contribution in [0.15, 0.2) is 54.6 Å². The van der Waals surface area contributed by atoms with Crippen LogP contribution in [0.1, 0.15) is 56.9 Å². The van der Waals surface area contributed by atoms with Crippen molar-refractivity contribution >= 4 is 11.9 Å². The fraction of sp³-hybridized carbons (Fsp3) is 0.500. The monoisotopic (exact) mass is 486 g/mol. The van der Waals surface area contributed by atoms with E-state index in [1.807, 2.05) is 49.3 Å². The summed E-state index contributed by atoms with van der Waals surface area (Å²) in [5.74, 6) is 0.0832. The molecule has 1 atom stereocenters. The molecule has 0 aliphatic carbocycles. The first-order chi connectivity index (χ1) is 16.9. The lowest BCUT2D eigenvalue weighted by molar-refractivity contribution is -0.145. The number of carbonyl (C=O) groups excluding carboxylic acids is 2. The van der Waals surface area contributed by atoms with E-state index in [1.54, 1.807) is 12.1 Å². The zero-order valence-corrected chi connectivity index (χ0v) is 21.0. The fourth-order valence-electron chi connectivity index (χ4n) is 3.72. The molecule has 0 aliphatic rings.